The lowest BCUT2D eigenvalue weighted by Gasteiger charge is -2.00. The number of aryl methyl sites for hydroxylation is 1. The molecule has 1 radical (unpaired) electrons. The van der Waals surface area contributed by atoms with Crippen LogP contribution in [0.3, 0.4) is 0 Å². The molecule has 0 atom stereocenters. The van der Waals surface area contributed by atoms with Gasteiger partial charge < -0.3 is 0 Å². The quantitative estimate of drug-likeness (QED) is 0.586. The Bertz CT molecular complexity index is 369. The Morgan fingerprint density at radius 3 is 2.67 bits per heavy atom. The van der Waals surface area contributed by atoms with Gasteiger partial charge in [0.05, 0.1) is 11.4 Å². The summed E-state index contributed by atoms with van der Waals surface area (Å²) in [6, 6.07) is 3.81. The van der Waals surface area contributed by atoms with Gasteiger partial charge in [0.25, 0.3) is 0 Å². The first kappa shape index (κ1) is 7.62. The first-order valence-corrected chi connectivity index (χ1v) is 4.12. The number of halogens is 1. The Hall–Kier alpha value is -1.02. The molecule has 0 spiro atoms. The highest BCUT2D eigenvalue weighted by atomic mass is 35.5. The van der Waals surface area contributed by atoms with Crippen LogP contribution in [0.15, 0.2) is 17.1 Å². The molecular formula is C9H8ClN2. The smallest absolute Gasteiger partial charge is 0.126 e. The average Bonchev–Trinajstić information content (AvgIpc) is 2.30. The molecule has 1 aromatic rings. The third-order valence-electron chi connectivity index (χ3n) is 1.82. The molecule has 0 amide bonds. The molecule has 0 bridgehead atoms. The lowest BCUT2D eigenvalue weighted by molar-refractivity contribution is 1.29. The maximum atomic E-state index is 5.93. The summed E-state index contributed by atoms with van der Waals surface area (Å²) in [5, 5.41) is 4.97. The molecule has 12 heavy (non-hydrogen) atoms. The van der Waals surface area contributed by atoms with E-state index < -0.39 is 0 Å². The topological polar surface area (TPSA) is 26.5 Å². The molecule has 0 saturated heterocycles. The van der Waals surface area contributed by atoms with Crippen LogP contribution in [-0.2, 0) is 0 Å². The maximum Gasteiger partial charge on any atom is 0.126 e. The Kier molecular flexibility index (Phi) is 1.58. The van der Waals surface area contributed by atoms with Crippen molar-refractivity contribution >= 4 is 28.8 Å². The highest BCUT2D eigenvalue weighted by Crippen LogP contribution is 2.34. The van der Waals surface area contributed by atoms with Crippen LogP contribution in [-0.4, -0.2) is 5.84 Å². The number of amidine groups is 1. The van der Waals surface area contributed by atoms with E-state index in [4.69, 9.17) is 11.6 Å². The van der Waals surface area contributed by atoms with Crippen LogP contribution >= 0.6 is 11.6 Å². The molecule has 0 saturated carbocycles. The molecular weight excluding hydrogens is 172 g/mol. The summed E-state index contributed by atoms with van der Waals surface area (Å²) in [7, 11) is 0. The van der Waals surface area contributed by atoms with Crippen molar-refractivity contribution in [3.05, 3.63) is 22.7 Å². The zero-order valence-corrected chi connectivity index (χ0v) is 7.68. The van der Waals surface area contributed by atoms with Crippen LogP contribution in [0.1, 0.15) is 12.5 Å². The van der Waals surface area contributed by atoms with Crippen molar-refractivity contribution in [2.24, 2.45) is 4.99 Å². The van der Waals surface area contributed by atoms with Gasteiger partial charge in [-0.3, -0.25) is 0 Å². The molecule has 0 aliphatic carbocycles. The highest BCUT2D eigenvalue weighted by Gasteiger charge is 2.13. The van der Waals surface area contributed by atoms with Gasteiger partial charge in [0.1, 0.15) is 5.84 Å². The second kappa shape index (κ2) is 2.49. The highest BCUT2D eigenvalue weighted by molar-refractivity contribution is 6.31. The fourth-order valence-corrected chi connectivity index (χ4v) is 1.37. The molecule has 0 fully saturated rings. The van der Waals surface area contributed by atoms with Crippen molar-refractivity contribution in [1.82, 2.24) is 5.32 Å². The van der Waals surface area contributed by atoms with Crippen LogP contribution in [0.4, 0.5) is 11.4 Å². The maximum absolute atomic E-state index is 5.93. The molecule has 61 valence electrons. The monoisotopic (exact) mass is 179 g/mol. The van der Waals surface area contributed by atoms with Gasteiger partial charge in [-0.15, -0.1) is 0 Å². The van der Waals surface area contributed by atoms with Crippen LogP contribution in [0.2, 0.25) is 5.02 Å². The summed E-state index contributed by atoms with van der Waals surface area (Å²) < 4.78 is 0. The van der Waals surface area contributed by atoms with Crippen molar-refractivity contribution in [3.8, 4) is 0 Å². The van der Waals surface area contributed by atoms with E-state index in [0.717, 1.165) is 27.8 Å². The number of hydrogen-bond donors (Lipinski definition) is 0. The second-order valence-corrected chi connectivity index (χ2v) is 3.27. The average molecular weight is 180 g/mol. The van der Waals surface area contributed by atoms with Gasteiger partial charge in [-0.1, -0.05) is 11.6 Å². The van der Waals surface area contributed by atoms with E-state index in [0.29, 0.717) is 0 Å². The molecule has 0 aromatic heterocycles. The Labute approximate surface area is 76.3 Å². The number of fused-ring (bicyclic) bond motifs is 1. The van der Waals surface area contributed by atoms with E-state index in [-0.39, 0.29) is 0 Å². The third kappa shape index (κ3) is 1.08. The van der Waals surface area contributed by atoms with Gasteiger partial charge in [-0.2, -0.15) is 0 Å². The summed E-state index contributed by atoms with van der Waals surface area (Å²) >= 11 is 5.93. The molecule has 1 aromatic carbocycles. The van der Waals surface area contributed by atoms with Crippen LogP contribution in [0.25, 0.3) is 0 Å². The molecule has 3 heteroatoms. The zero-order chi connectivity index (χ0) is 8.72. The number of aliphatic imine (C=N–C) groups is 1. The predicted molar refractivity (Wildman–Crippen MR) is 50.8 cm³/mol. The number of rotatable bonds is 0. The van der Waals surface area contributed by atoms with Gasteiger partial charge in [0.2, 0.25) is 0 Å². The molecule has 1 aliphatic rings. The molecule has 0 N–H and O–H groups in total. The fraction of sp³-hybridized carbons (Fsp3) is 0.222. The van der Waals surface area contributed by atoms with Gasteiger partial charge in [0, 0.05) is 5.02 Å². The van der Waals surface area contributed by atoms with Gasteiger partial charge in [-0.25, -0.2) is 10.3 Å². The SMILES string of the molecule is CC1=Nc2cc(C)c(Cl)cc2[N]1. The van der Waals surface area contributed by atoms with Crippen molar-refractivity contribution in [2.45, 2.75) is 13.8 Å². The van der Waals surface area contributed by atoms with Crippen LogP contribution in [0.5, 0.6) is 0 Å². The van der Waals surface area contributed by atoms with Crippen molar-refractivity contribution < 1.29 is 0 Å². The summed E-state index contributed by atoms with van der Waals surface area (Å²) in [5.74, 6) is 0.798. The Morgan fingerprint density at radius 1 is 1.17 bits per heavy atom. The summed E-state index contributed by atoms with van der Waals surface area (Å²) in [4.78, 5) is 4.25. The lowest BCUT2D eigenvalue weighted by Crippen LogP contribution is -1.98. The fourth-order valence-electron chi connectivity index (χ4n) is 1.21. The first-order valence-electron chi connectivity index (χ1n) is 3.74. The predicted octanol–water partition coefficient (Wildman–Crippen LogP) is 2.95. The molecule has 2 rings (SSSR count). The number of nitrogens with zero attached hydrogens (tertiary/aromatic N) is 2. The molecule has 0 unspecified atom stereocenters. The van der Waals surface area contributed by atoms with E-state index >= 15 is 0 Å². The van der Waals surface area contributed by atoms with Crippen molar-refractivity contribution in [3.63, 3.8) is 0 Å². The van der Waals surface area contributed by atoms with Gasteiger partial charge in [-0.05, 0) is 31.5 Å². The first-order chi connectivity index (χ1) is 5.66. The van der Waals surface area contributed by atoms with E-state index in [1.54, 1.807) is 0 Å². The zero-order valence-electron chi connectivity index (χ0n) is 6.93. The minimum atomic E-state index is 0.752. The van der Waals surface area contributed by atoms with E-state index in [1.807, 2.05) is 26.0 Å². The normalized spacial score (nSPS) is 13.8. The minimum absolute atomic E-state index is 0.752. The molecule has 1 aliphatic heterocycles. The number of benzene rings is 1. The largest absolute Gasteiger partial charge is 0.232 e. The van der Waals surface area contributed by atoms with E-state index in [2.05, 4.69) is 10.3 Å². The summed E-state index contributed by atoms with van der Waals surface area (Å²) in [5.41, 5.74) is 2.85. The third-order valence-corrected chi connectivity index (χ3v) is 2.23. The van der Waals surface area contributed by atoms with Gasteiger partial charge >= 0.3 is 0 Å². The second-order valence-electron chi connectivity index (χ2n) is 2.86. The van der Waals surface area contributed by atoms with Crippen LogP contribution in [0, 0.1) is 6.92 Å². The van der Waals surface area contributed by atoms with Gasteiger partial charge in [0.15, 0.2) is 0 Å². The summed E-state index contributed by atoms with van der Waals surface area (Å²) in [6.07, 6.45) is 0. The van der Waals surface area contributed by atoms with Crippen LogP contribution < -0.4 is 5.32 Å². The van der Waals surface area contributed by atoms with E-state index in [1.165, 1.54) is 0 Å². The summed E-state index contributed by atoms with van der Waals surface area (Å²) in [6.45, 7) is 3.84. The van der Waals surface area contributed by atoms with Crippen molar-refractivity contribution in [1.29, 1.82) is 0 Å². The van der Waals surface area contributed by atoms with E-state index in [9.17, 15) is 0 Å². The van der Waals surface area contributed by atoms with Crippen molar-refractivity contribution in [2.75, 3.05) is 0 Å². The lowest BCUT2D eigenvalue weighted by atomic mass is 10.2. The number of hydrogen-bond acceptors (Lipinski definition) is 1. The molecule has 1 heterocycles. The minimum Gasteiger partial charge on any atom is -0.232 e. The molecule has 2 nitrogen and oxygen atoms in total. The Morgan fingerprint density at radius 2 is 1.92 bits per heavy atom. The Balaban J connectivity index is 2.57. The standard InChI is InChI=1S/C9H8ClN2/c1-5-3-8-9(4-7(5)10)12-6(2)11-8/h3-4H,1-2H3.